The molecule has 0 unspecified atom stereocenters. The Morgan fingerprint density at radius 2 is 1.71 bits per heavy atom. The van der Waals surface area contributed by atoms with Crippen molar-refractivity contribution >= 4 is 17.5 Å². The highest BCUT2D eigenvalue weighted by Crippen LogP contribution is 2.26. The van der Waals surface area contributed by atoms with Gasteiger partial charge in [-0.3, -0.25) is 4.79 Å². The molecule has 1 aromatic carbocycles. The Morgan fingerprint density at radius 1 is 0.853 bits per heavy atom. The number of rotatable bonds is 4. The molecule has 176 valence electrons. The number of piperidine rings is 1. The van der Waals surface area contributed by atoms with Gasteiger partial charge in [-0.05, 0) is 68.1 Å². The lowest BCUT2D eigenvalue weighted by atomic mass is 9.96. The molecule has 2 fully saturated rings. The fraction of sp³-hybridized carbons (Fsp3) is 0.407. The predicted molar refractivity (Wildman–Crippen MR) is 135 cm³/mol. The van der Waals surface area contributed by atoms with Gasteiger partial charge >= 0.3 is 0 Å². The first kappa shape index (κ1) is 22.3. The number of aromatic nitrogens is 3. The zero-order valence-corrected chi connectivity index (χ0v) is 20.0. The van der Waals surface area contributed by atoms with Gasteiger partial charge in [0.1, 0.15) is 5.82 Å². The quantitative estimate of drug-likeness (QED) is 0.596. The van der Waals surface area contributed by atoms with E-state index in [4.69, 9.17) is 0 Å². The van der Waals surface area contributed by atoms with Crippen molar-refractivity contribution in [1.82, 2.24) is 20.1 Å². The second-order valence-electron chi connectivity index (χ2n) is 9.36. The summed E-state index contributed by atoms with van der Waals surface area (Å²) >= 11 is 0. The largest absolute Gasteiger partial charge is 0.354 e. The zero-order chi connectivity index (χ0) is 23.5. The Balaban J connectivity index is 1.20. The number of carbonyl (C=O) groups is 1. The van der Waals surface area contributed by atoms with Crippen LogP contribution < -0.4 is 9.80 Å². The van der Waals surface area contributed by atoms with Crippen LogP contribution in [0.2, 0.25) is 0 Å². The first-order chi connectivity index (χ1) is 16.6. The summed E-state index contributed by atoms with van der Waals surface area (Å²) in [4.78, 5) is 24.2. The number of hydrogen-bond donors (Lipinski definition) is 0. The third-order valence-corrected chi connectivity index (χ3v) is 7.11. The monoisotopic (exact) mass is 456 g/mol. The van der Waals surface area contributed by atoms with E-state index in [0.717, 1.165) is 68.5 Å². The third kappa shape index (κ3) is 4.74. The third-order valence-electron chi connectivity index (χ3n) is 7.11. The predicted octanol–water partition coefficient (Wildman–Crippen LogP) is 3.72. The van der Waals surface area contributed by atoms with Crippen LogP contribution in [0.15, 0.2) is 54.7 Å². The van der Waals surface area contributed by atoms with Gasteiger partial charge < -0.3 is 14.7 Å². The normalized spacial score (nSPS) is 18.8. The average molecular weight is 457 g/mol. The summed E-state index contributed by atoms with van der Waals surface area (Å²) in [7, 11) is 0. The maximum Gasteiger partial charge on any atom is 0.227 e. The number of benzene rings is 1. The van der Waals surface area contributed by atoms with E-state index in [9.17, 15) is 4.79 Å². The number of anilines is 2. The lowest BCUT2D eigenvalue weighted by Gasteiger charge is -2.39. The minimum Gasteiger partial charge on any atom is -0.354 e. The summed E-state index contributed by atoms with van der Waals surface area (Å²) in [6.45, 7) is 8.99. The fourth-order valence-corrected chi connectivity index (χ4v) is 4.89. The lowest BCUT2D eigenvalue weighted by molar-refractivity contribution is -0.136. The van der Waals surface area contributed by atoms with Gasteiger partial charge in [-0.1, -0.05) is 18.2 Å². The number of aryl methyl sites for hydroxylation is 2. The van der Waals surface area contributed by atoms with Crippen molar-refractivity contribution < 1.29 is 4.79 Å². The van der Waals surface area contributed by atoms with Gasteiger partial charge in [0.25, 0.3) is 0 Å². The molecule has 0 saturated carbocycles. The van der Waals surface area contributed by atoms with E-state index in [-0.39, 0.29) is 11.8 Å². The SMILES string of the molecule is Cc1ccc(-c2ccc(N3CCC[C@H](C(=O)N4CCN(c5ccccn5)CC4)C3)nn2)cc1C. The van der Waals surface area contributed by atoms with Crippen molar-refractivity contribution in [2.45, 2.75) is 26.7 Å². The van der Waals surface area contributed by atoms with E-state index in [1.165, 1.54) is 11.1 Å². The highest BCUT2D eigenvalue weighted by Gasteiger charge is 2.31. The molecule has 1 atom stereocenters. The highest BCUT2D eigenvalue weighted by atomic mass is 16.2. The second-order valence-corrected chi connectivity index (χ2v) is 9.36. The molecular weight excluding hydrogens is 424 g/mol. The molecule has 0 aliphatic carbocycles. The van der Waals surface area contributed by atoms with E-state index in [0.29, 0.717) is 6.54 Å². The molecule has 34 heavy (non-hydrogen) atoms. The molecule has 5 rings (SSSR count). The van der Waals surface area contributed by atoms with Crippen molar-refractivity contribution in [3.8, 4) is 11.3 Å². The van der Waals surface area contributed by atoms with Crippen LogP contribution in [0.5, 0.6) is 0 Å². The molecule has 1 amide bonds. The van der Waals surface area contributed by atoms with Gasteiger partial charge in [-0.15, -0.1) is 10.2 Å². The number of pyridine rings is 1. The number of piperazine rings is 1. The average Bonchev–Trinajstić information content (AvgIpc) is 2.90. The Kier molecular flexibility index (Phi) is 6.43. The van der Waals surface area contributed by atoms with Gasteiger partial charge in [0.2, 0.25) is 5.91 Å². The van der Waals surface area contributed by atoms with Crippen LogP contribution in [0.3, 0.4) is 0 Å². The summed E-state index contributed by atoms with van der Waals surface area (Å²) in [5.74, 6) is 2.12. The van der Waals surface area contributed by atoms with Crippen LogP contribution >= 0.6 is 0 Å². The number of amides is 1. The molecule has 0 N–H and O–H groups in total. The summed E-state index contributed by atoms with van der Waals surface area (Å²) in [5.41, 5.74) is 4.48. The molecule has 0 bridgehead atoms. The number of nitrogens with zero attached hydrogens (tertiary/aromatic N) is 6. The van der Waals surface area contributed by atoms with Gasteiger partial charge in [-0.2, -0.15) is 0 Å². The molecule has 0 radical (unpaired) electrons. The van der Waals surface area contributed by atoms with Crippen LogP contribution in [0.4, 0.5) is 11.6 Å². The number of hydrogen-bond acceptors (Lipinski definition) is 6. The van der Waals surface area contributed by atoms with E-state index >= 15 is 0 Å². The summed E-state index contributed by atoms with van der Waals surface area (Å²) in [5, 5.41) is 9.01. The molecule has 4 heterocycles. The van der Waals surface area contributed by atoms with Gasteiger partial charge in [0, 0.05) is 51.0 Å². The molecule has 7 heteroatoms. The van der Waals surface area contributed by atoms with Gasteiger partial charge in [-0.25, -0.2) is 4.98 Å². The van der Waals surface area contributed by atoms with Crippen LogP contribution in [0.1, 0.15) is 24.0 Å². The van der Waals surface area contributed by atoms with Crippen LogP contribution in [0, 0.1) is 19.8 Å². The van der Waals surface area contributed by atoms with E-state index < -0.39 is 0 Å². The Morgan fingerprint density at radius 3 is 2.41 bits per heavy atom. The molecule has 2 saturated heterocycles. The van der Waals surface area contributed by atoms with Gasteiger partial charge in [0.15, 0.2) is 5.82 Å². The lowest BCUT2D eigenvalue weighted by Crippen LogP contribution is -2.52. The maximum atomic E-state index is 13.3. The standard InChI is InChI=1S/C27H32N6O/c1-20-8-9-22(18-21(20)2)24-10-11-26(30-29-24)33-13-5-6-23(19-33)27(34)32-16-14-31(15-17-32)25-7-3-4-12-28-25/h3-4,7-12,18,23H,5-6,13-17,19H2,1-2H3/t23-/m0/s1. The molecule has 0 spiro atoms. The van der Waals surface area contributed by atoms with Crippen molar-refractivity contribution in [2.75, 3.05) is 49.1 Å². The minimum absolute atomic E-state index is 0.0105. The molecular formula is C27H32N6O. The Labute approximate surface area is 201 Å². The molecule has 2 aliphatic heterocycles. The smallest absolute Gasteiger partial charge is 0.227 e. The minimum atomic E-state index is 0.0105. The van der Waals surface area contributed by atoms with Crippen LogP contribution in [0.25, 0.3) is 11.3 Å². The van der Waals surface area contributed by atoms with Gasteiger partial charge in [0.05, 0.1) is 11.6 Å². The summed E-state index contributed by atoms with van der Waals surface area (Å²) < 4.78 is 0. The molecule has 2 aliphatic rings. The molecule has 7 nitrogen and oxygen atoms in total. The second kappa shape index (κ2) is 9.79. The summed E-state index contributed by atoms with van der Waals surface area (Å²) in [6, 6.07) is 16.4. The van der Waals surface area contributed by atoms with Crippen LogP contribution in [-0.2, 0) is 4.79 Å². The van der Waals surface area contributed by atoms with E-state index in [2.05, 4.69) is 57.0 Å². The highest BCUT2D eigenvalue weighted by molar-refractivity contribution is 5.80. The number of carbonyl (C=O) groups excluding carboxylic acids is 1. The van der Waals surface area contributed by atoms with Crippen LogP contribution in [-0.4, -0.2) is 65.3 Å². The van der Waals surface area contributed by atoms with Crippen molar-refractivity contribution in [1.29, 1.82) is 0 Å². The first-order valence-corrected chi connectivity index (χ1v) is 12.2. The van der Waals surface area contributed by atoms with Crippen molar-refractivity contribution in [2.24, 2.45) is 5.92 Å². The van der Waals surface area contributed by atoms with E-state index in [1.54, 1.807) is 0 Å². The fourth-order valence-electron chi connectivity index (χ4n) is 4.89. The first-order valence-electron chi connectivity index (χ1n) is 12.2. The van der Waals surface area contributed by atoms with Crippen molar-refractivity contribution in [3.63, 3.8) is 0 Å². The molecule has 2 aromatic heterocycles. The topological polar surface area (TPSA) is 65.5 Å². The summed E-state index contributed by atoms with van der Waals surface area (Å²) in [6.07, 6.45) is 3.75. The molecule has 3 aromatic rings. The Hall–Kier alpha value is -3.48. The zero-order valence-electron chi connectivity index (χ0n) is 20.0. The van der Waals surface area contributed by atoms with E-state index in [1.807, 2.05) is 41.4 Å². The van der Waals surface area contributed by atoms with Crippen molar-refractivity contribution in [3.05, 3.63) is 65.9 Å². The maximum absolute atomic E-state index is 13.3. The Bertz CT molecular complexity index is 1130.